The van der Waals surface area contributed by atoms with E-state index < -0.39 is 11.4 Å². The van der Waals surface area contributed by atoms with Gasteiger partial charge in [0.2, 0.25) is 0 Å². The van der Waals surface area contributed by atoms with Crippen LogP contribution in [-0.4, -0.2) is 24.7 Å². The molecule has 0 bridgehead atoms. The monoisotopic (exact) mass is 258 g/mol. The molecule has 0 aliphatic carbocycles. The molecule has 0 unspecified atom stereocenters. The average molecular weight is 258 g/mol. The fourth-order valence-corrected chi connectivity index (χ4v) is 1.04. The van der Waals surface area contributed by atoms with E-state index in [-0.39, 0.29) is 0 Å². The minimum atomic E-state index is -0.595. The van der Waals surface area contributed by atoms with E-state index in [4.69, 9.17) is 9.47 Å². The fraction of sp³-hybridized carbons (Fsp3) is 1.00. The molecule has 4 nitrogen and oxygen atoms in total. The van der Waals surface area contributed by atoms with Gasteiger partial charge in [-0.3, -0.25) is 0 Å². The molecule has 0 aliphatic heterocycles. The molecule has 0 saturated carbocycles. The van der Waals surface area contributed by atoms with E-state index in [0.717, 1.165) is 0 Å². The van der Waals surface area contributed by atoms with Crippen molar-refractivity contribution >= 4 is 0 Å². The van der Waals surface area contributed by atoms with Crippen LogP contribution in [0.4, 0.5) is 0 Å². The second kappa shape index (κ2) is 7.19. The van der Waals surface area contributed by atoms with Crippen molar-refractivity contribution < 1.29 is 9.47 Å². The molecule has 0 amide bonds. The van der Waals surface area contributed by atoms with Gasteiger partial charge in [0.25, 0.3) is 0 Å². The normalized spacial score (nSPS) is 14.1. The molecule has 0 spiro atoms. The van der Waals surface area contributed by atoms with Crippen LogP contribution in [0, 0.1) is 11.8 Å². The van der Waals surface area contributed by atoms with Crippen molar-refractivity contribution in [1.82, 2.24) is 0 Å². The first-order valence-corrected chi connectivity index (χ1v) is 6.76. The van der Waals surface area contributed by atoms with Crippen molar-refractivity contribution in [1.29, 1.82) is 0 Å². The Morgan fingerprint density at radius 3 is 1.22 bits per heavy atom. The molecular weight excluding hydrogens is 228 g/mol. The van der Waals surface area contributed by atoms with Crippen molar-refractivity contribution in [3.63, 3.8) is 0 Å². The van der Waals surface area contributed by atoms with Gasteiger partial charge in [-0.05, 0) is 39.5 Å². The average Bonchev–Trinajstić information content (AvgIpc) is 2.22. The van der Waals surface area contributed by atoms with Crippen LogP contribution >= 0.6 is 0 Å². The second-order valence-corrected chi connectivity index (χ2v) is 6.50. The second-order valence-electron chi connectivity index (χ2n) is 6.50. The van der Waals surface area contributed by atoms with E-state index in [0.29, 0.717) is 25.0 Å². The molecule has 0 radical (unpaired) electrons. The number of azo groups is 1. The molecule has 0 saturated heterocycles. The molecule has 0 aromatic heterocycles. The standard InChI is InChI=1S/C14H30N2O2/c1-11(2)9-17-13(5,6)15-16-14(7,8)18-10-12(3)4/h11-12H,9-10H2,1-8H3. The summed E-state index contributed by atoms with van der Waals surface area (Å²) in [6.45, 7) is 17.5. The van der Waals surface area contributed by atoms with Crippen molar-refractivity contribution in [2.24, 2.45) is 22.1 Å². The van der Waals surface area contributed by atoms with Gasteiger partial charge in [0, 0.05) is 0 Å². The van der Waals surface area contributed by atoms with Gasteiger partial charge in [0.05, 0.1) is 13.2 Å². The molecule has 18 heavy (non-hydrogen) atoms. The Morgan fingerprint density at radius 1 is 0.722 bits per heavy atom. The first-order valence-electron chi connectivity index (χ1n) is 6.76. The van der Waals surface area contributed by atoms with E-state index >= 15 is 0 Å². The van der Waals surface area contributed by atoms with Gasteiger partial charge >= 0.3 is 0 Å². The van der Waals surface area contributed by atoms with Crippen molar-refractivity contribution in [3.8, 4) is 0 Å². The van der Waals surface area contributed by atoms with Crippen LogP contribution in [0.15, 0.2) is 10.2 Å². The Morgan fingerprint density at radius 2 is 1.00 bits per heavy atom. The first-order chi connectivity index (χ1) is 8.04. The smallest absolute Gasteiger partial charge is 0.173 e. The molecule has 0 aromatic rings. The fourth-order valence-electron chi connectivity index (χ4n) is 1.04. The summed E-state index contributed by atoms with van der Waals surface area (Å²) in [4.78, 5) is 0. The third-order valence-corrected chi connectivity index (χ3v) is 2.07. The number of hydrogen-bond donors (Lipinski definition) is 0. The molecule has 0 aromatic carbocycles. The summed E-state index contributed by atoms with van der Waals surface area (Å²) >= 11 is 0. The summed E-state index contributed by atoms with van der Waals surface area (Å²) in [6, 6.07) is 0. The third kappa shape index (κ3) is 9.54. The molecule has 108 valence electrons. The highest BCUT2D eigenvalue weighted by Gasteiger charge is 2.22. The lowest BCUT2D eigenvalue weighted by atomic mass is 10.2. The van der Waals surface area contributed by atoms with Gasteiger partial charge in [-0.15, -0.1) is 0 Å². The predicted octanol–water partition coefficient (Wildman–Crippen LogP) is 4.26. The summed E-state index contributed by atoms with van der Waals surface area (Å²) in [5.74, 6) is 0.981. The van der Waals surface area contributed by atoms with Gasteiger partial charge in [-0.1, -0.05) is 27.7 Å². The van der Waals surface area contributed by atoms with Gasteiger partial charge < -0.3 is 9.47 Å². The number of rotatable bonds is 8. The van der Waals surface area contributed by atoms with Crippen molar-refractivity contribution in [2.45, 2.75) is 66.8 Å². The highest BCUT2D eigenvalue weighted by molar-refractivity contribution is 4.68. The molecule has 0 rings (SSSR count). The highest BCUT2D eigenvalue weighted by Crippen LogP contribution is 2.19. The summed E-state index contributed by atoms with van der Waals surface area (Å²) in [5, 5.41) is 8.51. The van der Waals surface area contributed by atoms with Crippen LogP contribution in [0.2, 0.25) is 0 Å². The zero-order valence-electron chi connectivity index (χ0n) is 13.3. The summed E-state index contributed by atoms with van der Waals surface area (Å²) in [5.41, 5.74) is -1.19. The van der Waals surface area contributed by atoms with E-state index in [1.54, 1.807) is 0 Å². The van der Waals surface area contributed by atoms with E-state index in [1.165, 1.54) is 0 Å². The lowest BCUT2D eigenvalue weighted by Gasteiger charge is -2.25. The Balaban J connectivity index is 4.32. The molecule has 0 N–H and O–H groups in total. The number of nitrogens with zero attached hydrogens (tertiary/aromatic N) is 2. The van der Waals surface area contributed by atoms with E-state index in [1.807, 2.05) is 27.7 Å². The van der Waals surface area contributed by atoms with Crippen LogP contribution in [0.25, 0.3) is 0 Å². The number of ether oxygens (including phenoxy) is 2. The van der Waals surface area contributed by atoms with Crippen LogP contribution < -0.4 is 0 Å². The van der Waals surface area contributed by atoms with Crippen LogP contribution in [0.3, 0.4) is 0 Å². The van der Waals surface area contributed by atoms with Crippen molar-refractivity contribution in [2.75, 3.05) is 13.2 Å². The highest BCUT2D eigenvalue weighted by atomic mass is 16.5. The van der Waals surface area contributed by atoms with E-state index in [2.05, 4.69) is 37.9 Å². The quantitative estimate of drug-likeness (QED) is 0.611. The molecule has 0 atom stereocenters. The van der Waals surface area contributed by atoms with Crippen molar-refractivity contribution in [3.05, 3.63) is 0 Å². The topological polar surface area (TPSA) is 43.2 Å². The van der Waals surface area contributed by atoms with Gasteiger partial charge in [0.1, 0.15) is 0 Å². The molecular formula is C14H30N2O2. The molecule has 0 aliphatic rings. The van der Waals surface area contributed by atoms with E-state index in [9.17, 15) is 0 Å². The SMILES string of the molecule is CC(C)COC(C)(C)N=NC(C)(C)OCC(C)C. The Labute approximate surface area is 112 Å². The third-order valence-electron chi connectivity index (χ3n) is 2.07. The predicted molar refractivity (Wildman–Crippen MR) is 74.6 cm³/mol. The maximum atomic E-state index is 5.70. The summed E-state index contributed by atoms with van der Waals surface area (Å²) in [6.07, 6.45) is 0. The Hall–Kier alpha value is -0.480. The molecule has 0 fully saturated rings. The molecule has 0 heterocycles. The Kier molecular flexibility index (Phi) is 7.00. The maximum absolute atomic E-state index is 5.70. The summed E-state index contributed by atoms with van der Waals surface area (Å²) in [7, 11) is 0. The van der Waals surface area contributed by atoms with Crippen LogP contribution in [-0.2, 0) is 9.47 Å². The lowest BCUT2D eigenvalue weighted by Crippen LogP contribution is -2.27. The largest absolute Gasteiger partial charge is 0.352 e. The maximum Gasteiger partial charge on any atom is 0.173 e. The minimum Gasteiger partial charge on any atom is -0.352 e. The van der Waals surface area contributed by atoms with Gasteiger partial charge in [-0.2, -0.15) is 10.2 Å². The first kappa shape index (κ1) is 17.5. The minimum absolute atomic E-state index is 0.490. The zero-order chi connectivity index (χ0) is 14.4. The van der Waals surface area contributed by atoms with Crippen LogP contribution in [0.5, 0.6) is 0 Å². The lowest BCUT2D eigenvalue weighted by molar-refractivity contribution is -0.0560. The van der Waals surface area contributed by atoms with Crippen LogP contribution in [0.1, 0.15) is 55.4 Å². The zero-order valence-corrected chi connectivity index (χ0v) is 13.3. The Bertz CT molecular complexity index is 233. The molecule has 4 heteroatoms. The summed E-state index contributed by atoms with van der Waals surface area (Å²) < 4.78 is 11.4. The van der Waals surface area contributed by atoms with Gasteiger partial charge in [0.15, 0.2) is 11.4 Å². The number of hydrogen-bond acceptors (Lipinski definition) is 4. The van der Waals surface area contributed by atoms with Gasteiger partial charge in [-0.25, -0.2) is 0 Å².